The highest BCUT2D eigenvalue weighted by atomic mass is 35.5. The van der Waals surface area contributed by atoms with E-state index in [9.17, 15) is 9.59 Å². The van der Waals surface area contributed by atoms with E-state index in [-0.39, 0.29) is 11.8 Å². The number of carbonyl (C=O) groups is 2. The number of thiophene rings is 2. The Labute approximate surface area is 158 Å². The van der Waals surface area contributed by atoms with E-state index >= 15 is 0 Å². The molecular formula is C18H15ClN2O2S2. The zero-order valence-corrected chi connectivity index (χ0v) is 15.5. The van der Waals surface area contributed by atoms with Gasteiger partial charge in [-0.05, 0) is 47.5 Å². The average Bonchev–Trinajstić information content (AvgIpc) is 3.30. The summed E-state index contributed by atoms with van der Waals surface area (Å²) >= 11 is 9.14. The number of rotatable bonds is 6. The van der Waals surface area contributed by atoms with E-state index in [1.54, 1.807) is 41.7 Å². The van der Waals surface area contributed by atoms with Gasteiger partial charge in [-0.2, -0.15) is 0 Å². The van der Waals surface area contributed by atoms with Gasteiger partial charge in [-0.1, -0.05) is 23.7 Å². The second-order valence-corrected chi connectivity index (χ2v) is 7.60. The van der Waals surface area contributed by atoms with Gasteiger partial charge < -0.3 is 10.6 Å². The van der Waals surface area contributed by atoms with Crippen molar-refractivity contribution >= 4 is 51.8 Å². The lowest BCUT2D eigenvalue weighted by atomic mass is 10.2. The first-order valence-electron chi connectivity index (χ1n) is 7.58. The Balaban J connectivity index is 1.63. The van der Waals surface area contributed by atoms with E-state index in [4.69, 9.17) is 11.6 Å². The summed E-state index contributed by atoms with van der Waals surface area (Å²) in [5, 5.41) is 9.86. The second-order valence-electron chi connectivity index (χ2n) is 5.21. The van der Waals surface area contributed by atoms with Crippen molar-refractivity contribution in [3.63, 3.8) is 0 Å². The van der Waals surface area contributed by atoms with Gasteiger partial charge in [-0.25, -0.2) is 0 Å². The molecule has 3 rings (SSSR count). The van der Waals surface area contributed by atoms with Crippen molar-refractivity contribution in [3.8, 4) is 0 Å². The summed E-state index contributed by atoms with van der Waals surface area (Å²) < 4.78 is 0. The van der Waals surface area contributed by atoms with Crippen LogP contribution in [0.3, 0.4) is 0 Å². The normalized spacial score (nSPS) is 10.4. The zero-order valence-electron chi connectivity index (χ0n) is 13.1. The SMILES string of the molecule is O=C(NCCc1cccs1)c1ccc(Cl)c(NC(=O)c2cccs2)c1. The first-order chi connectivity index (χ1) is 12.1. The summed E-state index contributed by atoms with van der Waals surface area (Å²) in [5.41, 5.74) is 0.878. The van der Waals surface area contributed by atoms with Gasteiger partial charge in [0.1, 0.15) is 0 Å². The molecule has 0 spiro atoms. The number of hydrogen-bond donors (Lipinski definition) is 2. The minimum atomic E-state index is -0.243. The molecule has 1 aromatic carbocycles. The predicted octanol–water partition coefficient (Wildman–Crippen LogP) is 4.69. The first kappa shape index (κ1) is 17.7. The summed E-state index contributed by atoms with van der Waals surface area (Å²) in [7, 11) is 0. The molecule has 2 heterocycles. The molecule has 4 nitrogen and oxygen atoms in total. The number of halogens is 1. The van der Waals surface area contributed by atoms with Gasteiger partial charge >= 0.3 is 0 Å². The molecular weight excluding hydrogens is 376 g/mol. The molecule has 25 heavy (non-hydrogen) atoms. The van der Waals surface area contributed by atoms with Gasteiger partial charge in [0.15, 0.2) is 0 Å². The summed E-state index contributed by atoms with van der Waals surface area (Å²) in [6, 6.07) is 12.4. The molecule has 2 aromatic heterocycles. The van der Waals surface area contributed by atoms with E-state index in [2.05, 4.69) is 10.6 Å². The molecule has 7 heteroatoms. The van der Waals surface area contributed by atoms with Crippen LogP contribution >= 0.6 is 34.3 Å². The van der Waals surface area contributed by atoms with Crippen molar-refractivity contribution in [2.75, 3.05) is 11.9 Å². The molecule has 0 radical (unpaired) electrons. The molecule has 0 bridgehead atoms. The number of benzene rings is 1. The maximum Gasteiger partial charge on any atom is 0.265 e. The van der Waals surface area contributed by atoms with Gasteiger partial charge in [0, 0.05) is 17.0 Å². The summed E-state index contributed by atoms with van der Waals surface area (Å²) in [6.45, 7) is 0.554. The molecule has 0 saturated heterocycles. The lowest BCUT2D eigenvalue weighted by Crippen LogP contribution is -2.25. The quantitative estimate of drug-likeness (QED) is 0.641. The fourth-order valence-corrected chi connectivity index (χ4v) is 3.70. The zero-order chi connectivity index (χ0) is 17.6. The first-order valence-corrected chi connectivity index (χ1v) is 9.72. The highest BCUT2D eigenvalue weighted by Gasteiger charge is 2.12. The van der Waals surface area contributed by atoms with Crippen LogP contribution in [0.2, 0.25) is 5.02 Å². The van der Waals surface area contributed by atoms with Crippen molar-refractivity contribution in [1.82, 2.24) is 5.32 Å². The van der Waals surface area contributed by atoms with Crippen LogP contribution in [0.25, 0.3) is 0 Å². The van der Waals surface area contributed by atoms with Crippen LogP contribution in [-0.2, 0) is 6.42 Å². The highest BCUT2D eigenvalue weighted by Crippen LogP contribution is 2.24. The fourth-order valence-electron chi connectivity index (χ4n) is 2.21. The Morgan fingerprint density at radius 3 is 2.52 bits per heavy atom. The Kier molecular flexibility index (Phi) is 5.86. The van der Waals surface area contributed by atoms with Gasteiger partial charge in [0.25, 0.3) is 11.8 Å². The lowest BCUT2D eigenvalue weighted by molar-refractivity contribution is 0.0953. The molecule has 0 fully saturated rings. The van der Waals surface area contributed by atoms with Crippen LogP contribution in [0, 0.1) is 0 Å². The second kappa shape index (κ2) is 8.29. The Bertz CT molecular complexity index is 861. The molecule has 0 unspecified atom stereocenters. The molecule has 128 valence electrons. The maximum atomic E-state index is 12.3. The van der Waals surface area contributed by atoms with Gasteiger partial charge in [-0.15, -0.1) is 22.7 Å². The Hall–Kier alpha value is -2.15. The topological polar surface area (TPSA) is 58.2 Å². The van der Waals surface area contributed by atoms with E-state index in [0.717, 1.165) is 6.42 Å². The molecule has 3 aromatic rings. The highest BCUT2D eigenvalue weighted by molar-refractivity contribution is 7.12. The molecule has 0 aliphatic heterocycles. The number of amides is 2. The monoisotopic (exact) mass is 390 g/mol. The largest absolute Gasteiger partial charge is 0.352 e. The maximum absolute atomic E-state index is 12.3. The summed E-state index contributed by atoms with van der Waals surface area (Å²) in [5.74, 6) is -0.438. The fraction of sp³-hybridized carbons (Fsp3) is 0.111. The predicted molar refractivity (Wildman–Crippen MR) is 104 cm³/mol. The van der Waals surface area contributed by atoms with E-state index < -0.39 is 0 Å². The van der Waals surface area contributed by atoms with E-state index in [1.165, 1.54) is 16.2 Å². The van der Waals surface area contributed by atoms with Crippen molar-refractivity contribution in [2.24, 2.45) is 0 Å². The van der Waals surface area contributed by atoms with Crippen LogP contribution < -0.4 is 10.6 Å². The van der Waals surface area contributed by atoms with Crippen molar-refractivity contribution in [3.05, 3.63) is 73.6 Å². The van der Waals surface area contributed by atoms with Crippen molar-refractivity contribution in [2.45, 2.75) is 6.42 Å². The Morgan fingerprint density at radius 1 is 1.00 bits per heavy atom. The summed E-state index contributed by atoms with van der Waals surface area (Å²) in [4.78, 5) is 26.3. The molecule has 2 N–H and O–H groups in total. The molecule has 0 aliphatic rings. The summed E-state index contributed by atoms with van der Waals surface area (Å²) in [6.07, 6.45) is 0.791. The molecule has 0 saturated carbocycles. The van der Waals surface area contributed by atoms with Gasteiger partial charge in [0.05, 0.1) is 15.6 Å². The molecule has 2 amide bonds. The minimum Gasteiger partial charge on any atom is -0.352 e. The standard InChI is InChI=1S/C18H15ClN2O2S2/c19-14-6-5-12(17(22)20-8-7-13-3-1-9-24-13)11-15(14)21-18(23)16-4-2-10-25-16/h1-6,9-11H,7-8H2,(H,20,22)(H,21,23). The third-order valence-corrected chi connectivity index (χ3v) is 5.59. The van der Waals surface area contributed by atoms with E-state index in [0.29, 0.717) is 27.7 Å². The van der Waals surface area contributed by atoms with Crippen LogP contribution in [0.4, 0.5) is 5.69 Å². The van der Waals surface area contributed by atoms with Crippen molar-refractivity contribution in [1.29, 1.82) is 0 Å². The molecule has 0 aliphatic carbocycles. The van der Waals surface area contributed by atoms with Crippen molar-refractivity contribution < 1.29 is 9.59 Å². The third-order valence-electron chi connectivity index (χ3n) is 3.46. The van der Waals surface area contributed by atoms with Crippen LogP contribution in [-0.4, -0.2) is 18.4 Å². The lowest BCUT2D eigenvalue weighted by Gasteiger charge is -2.09. The van der Waals surface area contributed by atoms with Crippen LogP contribution in [0.1, 0.15) is 24.9 Å². The number of anilines is 1. The molecule has 0 atom stereocenters. The van der Waals surface area contributed by atoms with Crippen LogP contribution in [0.5, 0.6) is 0 Å². The third kappa shape index (κ3) is 4.69. The van der Waals surface area contributed by atoms with E-state index in [1.807, 2.05) is 22.9 Å². The average molecular weight is 391 g/mol. The number of nitrogens with one attached hydrogen (secondary N) is 2. The van der Waals surface area contributed by atoms with Crippen LogP contribution in [0.15, 0.2) is 53.2 Å². The smallest absolute Gasteiger partial charge is 0.265 e. The Morgan fingerprint density at radius 2 is 1.80 bits per heavy atom. The van der Waals surface area contributed by atoms with Gasteiger partial charge in [0.2, 0.25) is 0 Å². The number of carbonyl (C=O) groups excluding carboxylic acids is 2. The van der Waals surface area contributed by atoms with Gasteiger partial charge in [-0.3, -0.25) is 9.59 Å². The number of hydrogen-bond acceptors (Lipinski definition) is 4. The minimum absolute atomic E-state index is 0.195.